The number of alkyl halides is 3. The van der Waals surface area contributed by atoms with Gasteiger partial charge in [0, 0.05) is 24.3 Å². The van der Waals surface area contributed by atoms with E-state index >= 15 is 0 Å². The number of nitrogens with zero attached hydrogens (tertiary/aromatic N) is 3. The predicted octanol–water partition coefficient (Wildman–Crippen LogP) is 3.81. The van der Waals surface area contributed by atoms with Gasteiger partial charge in [-0.1, -0.05) is 11.8 Å². The summed E-state index contributed by atoms with van der Waals surface area (Å²) in [6.45, 7) is 1.57. The molecule has 32 heavy (non-hydrogen) atoms. The molecule has 0 aliphatic rings. The van der Waals surface area contributed by atoms with Gasteiger partial charge in [-0.25, -0.2) is 28.1 Å². The van der Waals surface area contributed by atoms with Gasteiger partial charge in [-0.3, -0.25) is 4.79 Å². The summed E-state index contributed by atoms with van der Waals surface area (Å²) in [5.74, 6) is -0.504. The summed E-state index contributed by atoms with van der Waals surface area (Å²) >= 11 is 0.989. The molecule has 3 aromatic rings. The highest BCUT2D eigenvalue weighted by Gasteiger charge is 2.30. The molecule has 0 aliphatic carbocycles. The molecule has 0 saturated carbocycles. The van der Waals surface area contributed by atoms with Crippen molar-refractivity contribution >= 4 is 39.3 Å². The van der Waals surface area contributed by atoms with E-state index < -0.39 is 32.9 Å². The van der Waals surface area contributed by atoms with Crippen molar-refractivity contribution < 1.29 is 26.4 Å². The Balaban J connectivity index is 1.60. The number of nitrogens with one attached hydrogen (secondary N) is 2. The highest BCUT2D eigenvalue weighted by atomic mass is 32.2. The minimum Gasteiger partial charge on any atom is -0.325 e. The van der Waals surface area contributed by atoms with Gasteiger partial charge in [0.15, 0.2) is 0 Å². The fourth-order valence-corrected chi connectivity index (χ4v) is 4.09. The van der Waals surface area contributed by atoms with Crippen molar-refractivity contribution in [3.8, 4) is 0 Å². The molecule has 2 heterocycles. The van der Waals surface area contributed by atoms with E-state index in [2.05, 4.69) is 25.0 Å². The number of carbonyl (C=O) groups excluding carboxylic acids is 1. The Morgan fingerprint density at radius 3 is 2.25 bits per heavy atom. The van der Waals surface area contributed by atoms with E-state index in [0.29, 0.717) is 11.9 Å². The molecule has 168 valence electrons. The molecule has 0 aliphatic heterocycles. The van der Waals surface area contributed by atoms with Crippen LogP contribution in [0, 0.1) is 0 Å². The van der Waals surface area contributed by atoms with Crippen LogP contribution < -0.4 is 10.0 Å². The fraction of sp³-hybridized carbons (Fsp3) is 0.158. The fourth-order valence-electron chi connectivity index (χ4n) is 2.34. The van der Waals surface area contributed by atoms with Crippen LogP contribution in [0.1, 0.15) is 12.5 Å². The van der Waals surface area contributed by atoms with Gasteiger partial charge in [0.2, 0.25) is 11.9 Å². The summed E-state index contributed by atoms with van der Waals surface area (Å²) in [5.41, 5.74) is -0.528. The number of rotatable bonds is 7. The second-order valence-electron chi connectivity index (χ2n) is 6.33. The third-order valence-corrected chi connectivity index (χ3v) is 6.35. The number of aromatic nitrogens is 3. The van der Waals surface area contributed by atoms with Crippen LogP contribution in [0.4, 0.5) is 24.8 Å². The summed E-state index contributed by atoms with van der Waals surface area (Å²) in [5, 5.41) is 2.21. The quantitative estimate of drug-likeness (QED) is 0.491. The van der Waals surface area contributed by atoms with E-state index in [4.69, 9.17) is 0 Å². The third kappa shape index (κ3) is 6.17. The zero-order valence-electron chi connectivity index (χ0n) is 16.4. The molecule has 0 bridgehead atoms. The highest BCUT2D eigenvalue weighted by Crippen LogP contribution is 2.30. The first kappa shape index (κ1) is 23.5. The zero-order valence-corrected chi connectivity index (χ0v) is 18.0. The molecule has 0 saturated heterocycles. The third-order valence-electron chi connectivity index (χ3n) is 3.95. The van der Waals surface area contributed by atoms with E-state index in [-0.39, 0.29) is 15.9 Å². The van der Waals surface area contributed by atoms with Crippen molar-refractivity contribution in [1.29, 1.82) is 0 Å². The lowest BCUT2D eigenvalue weighted by Crippen LogP contribution is -2.22. The van der Waals surface area contributed by atoms with E-state index in [1.54, 1.807) is 13.0 Å². The van der Waals surface area contributed by atoms with E-state index in [1.165, 1.54) is 42.7 Å². The molecular formula is C19H16F3N5O3S2. The van der Waals surface area contributed by atoms with Crippen molar-refractivity contribution in [2.75, 3.05) is 10.0 Å². The second kappa shape index (κ2) is 9.53. The molecule has 1 amide bonds. The number of sulfonamides is 1. The molecule has 13 heteroatoms. The average molecular weight is 483 g/mol. The SMILES string of the molecule is C[C@H](Sc1ccc(C(F)(F)F)cn1)C(=O)Nc1ccc(S(=O)(=O)Nc2ncccn2)cc1. The lowest BCUT2D eigenvalue weighted by Gasteiger charge is -2.13. The van der Waals surface area contributed by atoms with E-state index in [9.17, 15) is 26.4 Å². The first-order chi connectivity index (χ1) is 15.0. The van der Waals surface area contributed by atoms with Crippen molar-refractivity contribution in [2.24, 2.45) is 0 Å². The molecule has 1 atom stereocenters. The zero-order chi connectivity index (χ0) is 23.4. The van der Waals surface area contributed by atoms with Gasteiger partial charge >= 0.3 is 6.18 Å². The molecule has 0 radical (unpaired) electrons. The molecule has 0 spiro atoms. The second-order valence-corrected chi connectivity index (χ2v) is 9.38. The Labute approximate surface area is 185 Å². The van der Waals surface area contributed by atoms with Crippen molar-refractivity contribution in [2.45, 2.75) is 28.3 Å². The first-order valence-electron chi connectivity index (χ1n) is 8.95. The van der Waals surface area contributed by atoms with Gasteiger partial charge in [-0.15, -0.1) is 0 Å². The Bertz CT molecular complexity index is 1170. The number of carbonyl (C=O) groups is 1. The molecular weight excluding hydrogens is 467 g/mol. The van der Waals surface area contributed by atoms with Crippen LogP contribution in [-0.2, 0) is 21.0 Å². The maximum absolute atomic E-state index is 12.6. The Kier molecular flexibility index (Phi) is 6.99. The topological polar surface area (TPSA) is 114 Å². The molecule has 8 nitrogen and oxygen atoms in total. The molecule has 3 rings (SSSR count). The summed E-state index contributed by atoms with van der Waals surface area (Å²) in [6.07, 6.45) is -0.991. The standard InChI is InChI=1S/C19H16F3N5O3S2/c1-12(31-16-8-3-13(11-25-16)19(20,21)22)17(28)26-14-4-6-15(7-5-14)32(29,30)27-18-23-9-2-10-24-18/h2-12H,1H3,(H,26,28)(H,23,24,27)/t12-/m0/s1. The summed E-state index contributed by atoms with van der Waals surface area (Å²) in [4.78, 5) is 23.6. The largest absolute Gasteiger partial charge is 0.417 e. The lowest BCUT2D eigenvalue weighted by atomic mass is 10.3. The Morgan fingerprint density at radius 2 is 1.69 bits per heavy atom. The van der Waals surface area contributed by atoms with Crippen LogP contribution >= 0.6 is 11.8 Å². The Hall–Kier alpha value is -3.19. The number of halogens is 3. The van der Waals surface area contributed by atoms with Gasteiger partial charge in [0.25, 0.3) is 10.0 Å². The lowest BCUT2D eigenvalue weighted by molar-refractivity contribution is -0.137. The molecule has 2 N–H and O–H groups in total. The van der Waals surface area contributed by atoms with Crippen LogP contribution in [-0.4, -0.2) is 34.5 Å². The summed E-state index contributed by atoms with van der Waals surface area (Å²) < 4.78 is 64.8. The number of hydrogen-bond acceptors (Lipinski definition) is 7. The number of hydrogen-bond donors (Lipinski definition) is 2. The van der Waals surface area contributed by atoms with Gasteiger partial charge in [-0.2, -0.15) is 13.2 Å². The van der Waals surface area contributed by atoms with Gasteiger partial charge in [0.05, 0.1) is 20.7 Å². The van der Waals surface area contributed by atoms with Crippen molar-refractivity contribution in [1.82, 2.24) is 15.0 Å². The van der Waals surface area contributed by atoms with Crippen LogP contribution in [0.25, 0.3) is 0 Å². The van der Waals surface area contributed by atoms with Gasteiger partial charge in [0.1, 0.15) is 0 Å². The number of benzene rings is 1. The van der Waals surface area contributed by atoms with Gasteiger partial charge < -0.3 is 5.32 Å². The van der Waals surface area contributed by atoms with Crippen molar-refractivity contribution in [3.05, 3.63) is 66.6 Å². The number of anilines is 2. The maximum Gasteiger partial charge on any atom is 0.417 e. The monoisotopic (exact) mass is 483 g/mol. The number of amides is 1. The highest BCUT2D eigenvalue weighted by molar-refractivity contribution is 8.00. The minimum absolute atomic E-state index is 0.0562. The predicted molar refractivity (Wildman–Crippen MR) is 112 cm³/mol. The smallest absolute Gasteiger partial charge is 0.325 e. The van der Waals surface area contributed by atoms with Crippen LogP contribution in [0.5, 0.6) is 0 Å². The first-order valence-corrected chi connectivity index (χ1v) is 11.3. The molecule has 0 unspecified atom stereocenters. The van der Waals surface area contributed by atoms with E-state index in [1.807, 2.05) is 0 Å². The number of thioether (sulfide) groups is 1. The average Bonchev–Trinajstić information content (AvgIpc) is 2.74. The summed E-state index contributed by atoms with van der Waals surface area (Å²) in [6, 6.07) is 9.06. The van der Waals surface area contributed by atoms with E-state index in [0.717, 1.165) is 17.8 Å². The molecule has 2 aromatic heterocycles. The normalized spacial score (nSPS) is 12.8. The van der Waals surface area contributed by atoms with Crippen LogP contribution in [0.15, 0.2) is 71.0 Å². The van der Waals surface area contributed by atoms with Crippen molar-refractivity contribution in [3.63, 3.8) is 0 Å². The summed E-state index contributed by atoms with van der Waals surface area (Å²) in [7, 11) is -3.91. The van der Waals surface area contributed by atoms with Crippen LogP contribution in [0.2, 0.25) is 0 Å². The van der Waals surface area contributed by atoms with Gasteiger partial charge in [-0.05, 0) is 49.4 Å². The number of pyridine rings is 1. The maximum atomic E-state index is 12.6. The molecule has 1 aromatic carbocycles. The Morgan fingerprint density at radius 1 is 1.03 bits per heavy atom. The molecule has 0 fully saturated rings. The van der Waals surface area contributed by atoms with Crippen LogP contribution in [0.3, 0.4) is 0 Å². The minimum atomic E-state index is -4.48.